The topological polar surface area (TPSA) is 32.3 Å². The molecule has 1 N–H and O–H groups in total. The summed E-state index contributed by atoms with van der Waals surface area (Å²) in [7, 11) is 0. The Labute approximate surface area is 124 Å². The third-order valence-electron chi connectivity index (χ3n) is 4.54. The molecule has 2 atom stereocenters. The van der Waals surface area contributed by atoms with Crippen LogP contribution in [0.25, 0.3) is 0 Å². The van der Waals surface area contributed by atoms with Gasteiger partial charge in [-0.25, -0.2) is 0 Å². The van der Waals surface area contributed by atoms with E-state index in [2.05, 4.69) is 34.5 Å². The van der Waals surface area contributed by atoms with E-state index >= 15 is 0 Å². The number of carbonyl (C=O) groups excluding carboxylic acids is 1. The van der Waals surface area contributed by atoms with Crippen molar-refractivity contribution < 1.29 is 4.79 Å². The second-order valence-corrected chi connectivity index (χ2v) is 7.21. The van der Waals surface area contributed by atoms with Crippen molar-refractivity contribution in [3.05, 3.63) is 29.8 Å². The molecule has 1 saturated carbocycles. The Bertz CT molecular complexity index is 529. The summed E-state index contributed by atoms with van der Waals surface area (Å²) in [5.74, 6) is 1.52. The number of carbonyl (C=O) groups is 1. The lowest BCUT2D eigenvalue weighted by atomic mass is 10.0. The molecule has 1 aromatic rings. The zero-order chi connectivity index (χ0) is 13.5. The number of nitrogens with one attached hydrogen (secondary N) is 1. The van der Waals surface area contributed by atoms with Crippen LogP contribution in [0.5, 0.6) is 0 Å². The van der Waals surface area contributed by atoms with E-state index in [-0.39, 0.29) is 0 Å². The van der Waals surface area contributed by atoms with E-state index in [4.69, 9.17) is 0 Å². The molecule has 2 aliphatic heterocycles. The predicted molar refractivity (Wildman–Crippen MR) is 80.8 cm³/mol. The van der Waals surface area contributed by atoms with Gasteiger partial charge < -0.3 is 10.2 Å². The summed E-state index contributed by atoms with van der Waals surface area (Å²) in [5, 5.41) is 3.74. The standard InChI is InChI=1S/C16H20N2OS/c19-16-9-11(10-18(16)12-5-6-12)17-14-7-8-20-15-4-2-1-3-13(14)15/h1-4,11-12,14,17H,5-10H2/t11-,14+/m1/s1. The third-order valence-corrected chi connectivity index (χ3v) is 5.66. The number of rotatable bonds is 3. The Morgan fingerprint density at radius 3 is 2.90 bits per heavy atom. The third kappa shape index (κ3) is 2.35. The Kier molecular flexibility index (Phi) is 3.23. The average Bonchev–Trinajstić information content (AvgIpc) is 3.24. The van der Waals surface area contributed by atoms with Crippen LogP contribution in [0.4, 0.5) is 0 Å². The highest BCUT2D eigenvalue weighted by Crippen LogP contribution is 2.37. The number of hydrogen-bond donors (Lipinski definition) is 1. The fourth-order valence-corrected chi connectivity index (χ4v) is 4.51. The summed E-state index contributed by atoms with van der Waals surface area (Å²) >= 11 is 1.95. The number of nitrogens with zero attached hydrogens (tertiary/aromatic N) is 1. The zero-order valence-corrected chi connectivity index (χ0v) is 12.4. The molecule has 3 nitrogen and oxygen atoms in total. The van der Waals surface area contributed by atoms with Crippen LogP contribution in [0.3, 0.4) is 0 Å². The van der Waals surface area contributed by atoms with Gasteiger partial charge in [0.05, 0.1) is 0 Å². The molecule has 1 saturated heterocycles. The molecule has 0 bridgehead atoms. The van der Waals surface area contributed by atoms with Crippen molar-refractivity contribution >= 4 is 17.7 Å². The molecule has 2 heterocycles. The van der Waals surface area contributed by atoms with Crippen molar-refractivity contribution in [3.8, 4) is 0 Å². The minimum atomic E-state index is 0.337. The first-order valence-electron chi connectivity index (χ1n) is 7.58. The van der Waals surface area contributed by atoms with Crippen molar-refractivity contribution in [1.82, 2.24) is 10.2 Å². The van der Waals surface area contributed by atoms with Gasteiger partial charge in [0.15, 0.2) is 0 Å². The van der Waals surface area contributed by atoms with Gasteiger partial charge >= 0.3 is 0 Å². The number of benzene rings is 1. The Balaban J connectivity index is 1.46. The second kappa shape index (κ2) is 5.08. The lowest BCUT2D eigenvalue weighted by Gasteiger charge is -2.28. The van der Waals surface area contributed by atoms with Gasteiger partial charge in [0.25, 0.3) is 0 Å². The first-order valence-corrected chi connectivity index (χ1v) is 8.57. The largest absolute Gasteiger partial charge is 0.338 e. The van der Waals surface area contributed by atoms with E-state index in [0.717, 1.165) is 13.0 Å². The molecular formula is C16H20N2OS. The quantitative estimate of drug-likeness (QED) is 0.928. The number of thioether (sulfide) groups is 1. The van der Waals surface area contributed by atoms with E-state index < -0.39 is 0 Å². The van der Waals surface area contributed by atoms with Crippen LogP contribution in [0.15, 0.2) is 29.2 Å². The van der Waals surface area contributed by atoms with Crippen molar-refractivity contribution in [2.24, 2.45) is 0 Å². The summed E-state index contributed by atoms with van der Waals surface area (Å²) in [5.41, 5.74) is 1.42. The fourth-order valence-electron chi connectivity index (χ4n) is 3.38. The van der Waals surface area contributed by atoms with Gasteiger partial charge in [0.2, 0.25) is 5.91 Å². The predicted octanol–water partition coefficient (Wildman–Crippen LogP) is 2.58. The first-order chi connectivity index (χ1) is 9.81. The molecule has 4 rings (SSSR count). The fraction of sp³-hybridized carbons (Fsp3) is 0.562. The maximum Gasteiger partial charge on any atom is 0.224 e. The van der Waals surface area contributed by atoms with Gasteiger partial charge in [0, 0.05) is 36.0 Å². The van der Waals surface area contributed by atoms with Crippen molar-refractivity contribution in [1.29, 1.82) is 0 Å². The van der Waals surface area contributed by atoms with E-state index in [0.29, 0.717) is 30.5 Å². The molecule has 0 unspecified atom stereocenters. The number of likely N-dealkylation sites (tertiary alicyclic amines) is 1. The van der Waals surface area contributed by atoms with Crippen LogP contribution in [0, 0.1) is 0 Å². The summed E-state index contributed by atoms with van der Waals surface area (Å²) in [6.07, 6.45) is 4.26. The lowest BCUT2D eigenvalue weighted by molar-refractivity contribution is -0.128. The van der Waals surface area contributed by atoms with Gasteiger partial charge in [0.1, 0.15) is 0 Å². The molecule has 2 fully saturated rings. The van der Waals surface area contributed by atoms with Gasteiger partial charge in [-0.15, -0.1) is 11.8 Å². The van der Waals surface area contributed by atoms with Crippen molar-refractivity contribution in [2.75, 3.05) is 12.3 Å². The van der Waals surface area contributed by atoms with Gasteiger partial charge in [-0.3, -0.25) is 4.79 Å². The van der Waals surface area contributed by atoms with E-state index in [9.17, 15) is 4.79 Å². The van der Waals surface area contributed by atoms with Crippen LogP contribution in [0.1, 0.15) is 37.3 Å². The minimum Gasteiger partial charge on any atom is -0.338 e. The van der Waals surface area contributed by atoms with E-state index in [1.807, 2.05) is 11.8 Å². The van der Waals surface area contributed by atoms with Crippen molar-refractivity contribution in [3.63, 3.8) is 0 Å². The van der Waals surface area contributed by atoms with Gasteiger partial charge in [-0.1, -0.05) is 18.2 Å². The van der Waals surface area contributed by atoms with E-state index in [1.165, 1.54) is 29.1 Å². The average molecular weight is 288 g/mol. The summed E-state index contributed by atoms with van der Waals surface area (Å²) in [4.78, 5) is 15.5. The lowest BCUT2D eigenvalue weighted by Crippen LogP contribution is -2.37. The smallest absolute Gasteiger partial charge is 0.224 e. The van der Waals surface area contributed by atoms with Crippen molar-refractivity contribution in [2.45, 2.75) is 48.7 Å². The van der Waals surface area contributed by atoms with Gasteiger partial charge in [-0.2, -0.15) is 0 Å². The molecule has 0 spiro atoms. The molecule has 1 aliphatic carbocycles. The Morgan fingerprint density at radius 1 is 1.20 bits per heavy atom. The maximum atomic E-state index is 12.0. The van der Waals surface area contributed by atoms with Crippen LogP contribution < -0.4 is 5.32 Å². The highest BCUT2D eigenvalue weighted by Gasteiger charge is 2.40. The zero-order valence-electron chi connectivity index (χ0n) is 11.5. The van der Waals surface area contributed by atoms with Crippen LogP contribution in [-0.4, -0.2) is 35.2 Å². The number of amides is 1. The normalized spacial score (nSPS) is 29.6. The van der Waals surface area contributed by atoms with Crippen LogP contribution in [0.2, 0.25) is 0 Å². The first kappa shape index (κ1) is 12.7. The number of fused-ring (bicyclic) bond motifs is 1. The molecule has 4 heteroatoms. The Morgan fingerprint density at radius 2 is 2.05 bits per heavy atom. The molecular weight excluding hydrogens is 268 g/mol. The highest BCUT2D eigenvalue weighted by atomic mass is 32.2. The molecule has 0 aromatic heterocycles. The minimum absolute atomic E-state index is 0.337. The van der Waals surface area contributed by atoms with Crippen LogP contribution in [-0.2, 0) is 4.79 Å². The summed E-state index contributed by atoms with van der Waals surface area (Å²) < 4.78 is 0. The van der Waals surface area contributed by atoms with E-state index in [1.54, 1.807) is 0 Å². The second-order valence-electron chi connectivity index (χ2n) is 6.07. The molecule has 1 amide bonds. The SMILES string of the molecule is O=C1C[C@@H](N[C@H]2CCSc3ccccc32)CN1C1CC1. The Hall–Kier alpha value is -1.00. The van der Waals surface area contributed by atoms with Crippen LogP contribution >= 0.6 is 11.8 Å². The summed E-state index contributed by atoms with van der Waals surface area (Å²) in [6.45, 7) is 0.912. The maximum absolute atomic E-state index is 12.0. The molecule has 106 valence electrons. The summed E-state index contributed by atoms with van der Waals surface area (Å²) in [6, 6.07) is 9.99. The van der Waals surface area contributed by atoms with Gasteiger partial charge in [-0.05, 0) is 36.6 Å². The molecule has 0 radical (unpaired) electrons. The molecule has 1 aromatic carbocycles. The molecule has 3 aliphatic rings. The number of hydrogen-bond acceptors (Lipinski definition) is 3. The highest BCUT2D eigenvalue weighted by molar-refractivity contribution is 7.99. The monoisotopic (exact) mass is 288 g/mol. The molecule has 20 heavy (non-hydrogen) atoms.